The molecule has 1 aromatic carbocycles. The molecular weight excluding hydrogens is 424 g/mol. The van der Waals surface area contributed by atoms with E-state index in [2.05, 4.69) is 0 Å². The van der Waals surface area contributed by atoms with Crippen molar-refractivity contribution in [3.63, 3.8) is 0 Å². The van der Waals surface area contributed by atoms with Crippen molar-refractivity contribution in [3.05, 3.63) is 28.5 Å². The van der Waals surface area contributed by atoms with Gasteiger partial charge >= 0.3 is 0 Å². The molecule has 3 N–H and O–H groups in total. The van der Waals surface area contributed by atoms with E-state index in [-0.39, 0.29) is 46.3 Å². The SMILES string of the molecule is COc1cc(O)c(C(CC(C)C)C2=C(O)C(C)(C)C(=O)C(C)(C)C2=O)c(O)c1C(=O)C(C)C. The number of phenols is 2. The minimum Gasteiger partial charge on any atom is -0.511 e. The van der Waals surface area contributed by atoms with E-state index >= 15 is 0 Å². The smallest absolute Gasteiger partial charge is 0.175 e. The molecule has 0 bridgehead atoms. The zero-order valence-corrected chi connectivity index (χ0v) is 21.0. The van der Waals surface area contributed by atoms with Crippen LogP contribution in [0.15, 0.2) is 17.4 Å². The van der Waals surface area contributed by atoms with E-state index in [0.717, 1.165) is 0 Å². The van der Waals surface area contributed by atoms with Crippen LogP contribution in [0, 0.1) is 22.7 Å². The first-order chi connectivity index (χ1) is 15.0. The molecule has 2 rings (SSSR count). The van der Waals surface area contributed by atoms with E-state index in [1.54, 1.807) is 27.7 Å². The molecular formula is C26H36O7. The van der Waals surface area contributed by atoms with Crippen molar-refractivity contribution in [3.8, 4) is 17.2 Å². The predicted octanol–water partition coefficient (Wildman–Crippen LogP) is 5.09. The summed E-state index contributed by atoms with van der Waals surface area (Å²) in [5, 5.41) is 33.3. The lowest BCUT2D eigenvalue weighted by Crippen LogP contribution is -2.49. The van der Waals surface area contributed by atoms with Crippen LogP contribution in [0.4, 0.5) is 0 Å². The highest BCUT2D eigenvalue weighted by Crippen LogP contribution is 2.52. The third-order valence-electron chi connectivity index (χ3n) is 6.47. The number of carbonyl (C=O) groups is 3. The number of Topliss-reactive ketones (excluding diaryl/α,β-unsaturated/α-hetero) is 3. The molecule has 0 aromatic heterocycles. The molecule has 0 aliphatic heterocycles. The standard InChI is InChI=1S/C26H36O7/c1-12(2)10-14(18-22(30)25(5,6)24(32)26(7,8)23(18)31)17-15(27)11-16(33-9)19(21(17)29)20(28)13(3)4/h11-14,27,29-30H,10H2,1-9H3. The fraction of sp³-hybridized carbons (Fsp3) is 0.577. The highest BCUT2D eigenvalue weighted by Gasteiger charge is 2.55. The Balaban J connectivity index is 2.97. The summed E-state index contributed by atoms with van der Waals surface area (Å²) in [7, 11) is 1.33. The number of phenolic OH excluding ortho intramolecular Hbond substituents is 2. The lowest BCUT2D eigenvalue weighted by molar-refractivity contribution is -0.144. The molecule has 0 radical (unpaired) electrons. The molecule has 0 amide bonds. The molecule has 182 valence electrons. The van der Waals surface area contributed by atoms with Gasteiger partial charge in [0.25, 0.3) is 0 Å². The van der Waals surface area contributed by atoms with Crippen molar-refractivity contribution in [2.75, 3.05) is 7.11 Å². The number of hydrogen-bond acceptors (Lipinski definition) is 7. The number of ether oxygens (including phenoxy) is 1. The van der Waals surface area contributed by atoms with Crippen LogP contribution in [-0.2, 0) is 9.59 Å². The highest BCUT2D eigenvalue weighted by atomic mass is 16.5. The van der Waals surface area contributed by atoms with Gasteiger partial charge in [0.05, 0.1) is 17.9 Å². The first-order valence-corrected chi connectivity index (χ1v) is 11.2. The van der Waals surface area contributed by atoms with Crippen molar-refractivity contribution in [2.24, 2.45) is 22.7 Å². The Hall–Kier alpha value is -2.83. The molecule has 33 heavy (non-hydrogen) atoms. The van der Waals surface area contributed by atoms with Gasteiger partial charge in [-0.25, -0.2) is 0 Å². The number of rotatable bonds is 7. The summed E-state index contributed by atoms with van der Waals surface area (Å²) in [5.41, 5.74) is -2.90. The number of methoxy groups -OCH3 is 1. The lowest BCUT2D eigenvalue weighted by atomic mass is 9.60. The topological polar surface area (TPSA) is 121 Å². The number of aliphatic hydroxyl groups excluding tert-OH is 1. The van der Waals surface area contributed by atoms with Crippen molar-refractivity contribution in [1.29, 1.82) is 0 Å². The van der Waals surface area contributed by atoms with Gasteiger partial charge in [-0.05, 0) is 40.0 Å². The van der Waals surface area contributed by atoms with Crippen LogP contribution < -0.4 is 4.74 Å². The molecule has 7 nitrogen and oxygen atoms in total. The monoisotopic (exact) mass is 460 g/mol. The summed E-state index contributed by atoms with van der Waals surface area (Å²) in [4.78, 5) is 39.4. The number of aliphatic hydroxyl groups is 1. The van der Waals surface area contributed by atoms with Crippen molar-refractivity contribution < 1.29 is 34.4 Å². The van der Waals surface area contributed by atoms with Crippen LogP contribution in [0.25, 0.3) is 0 Å². The second-order valence-corrected chi connectivity index (χ2v) is 10.6. The third-order valence-corrected chi connectivity index (χ3v) is 6.47. The quantitative estimate of drug-likeness (QED) is 0.383. The summed E-state index contributed by atoms with van der Waals surface area (Å²) < 4.78 is 5.25. The van der Waals surface area contributed by atoms with Crippen LogP contribution in [0.5, 0.6) is 17.2 Å². The number of benzene rings is 1. The third kappa shape index (κ3) is 4.25. The Kier molecular flexibility index (Phi) is 7.08. The second kappa shape index (κ2) is 8.84. The summed E-state index contributed by atoms with van der Waals surface area (Å²) in [6.45, 7) is 13.3. The minimum absolute atomic E-state index is 0.0137. The van der Waals surface area contributed by atoms with E-state index in [4.69, 9.17) is 4.74 Å². The Morgan fingerprint density at radius 1 is 1.00 bits per heavy atom. The van der Waals surface area contributed by atoms with Crippen LogP contribution in [0.3, 0.4) is 0 Å². The van der Waals surface area contributed by atoms with Crippen LogP contribution in [0.2, 0.25) is 0 Å². The molecule has 1 aliphatic carbocycles. The van der Waals surface area contributed by atoms with Crippen LogP contribution in [-0.4, -0.2) is 39.8 Å². The molecule has 0 spiro atoms. The normalized spacial score (nSPS) is 18.8. The van der Waals surface area contributed by atoms with Crippen LogP contribution in [0.1, 0.15) is 83.7 Å². The van der Waals surface area contributed by atoms with Crippen molar-refractivity contribution >= 4 is 17.3 Å². The fourth-order valence-electron chi connectivity index (χ4n) is 4.63. The Morgan fingerprint density at radius 3 is 2.00 bits per heavy atom. The van der Waals surface area contributed by atoms with Gasteiger partial charge < -0.3 is 20.1 Å². The first kappa shape index (κ1) is 26.4. The molecule has 0 saturated carbocycles. The van der Waals surface area contributed by atoms with E-state index < -0.39 is 45.8 Å². The Morgan fingerprint density at radius 2 is 1.55 bits per heavy atom. The second-order valence-electron chi connectivity index (χ2n) is 10.6. The number of carbonyl (C=O) groups excluding carboxylic acids is 3. The summed E-state index contributed by atoms with van der Waals surface area (Å²) in [5.74, 6) is -4.03. The number of hydrogen-bond donors (Lipinski definition) is 3. The largest absolute Gasteiger partial charge is 0.511 e. The van der Waals surface area contributed by atoms with Gasteiger partial charge in [-0.2, -0.15) is 0 Å². The zero-order chi connectivity index (χ0) is 25.6. The lowest BCUT2D eigenvalue weighted by Gasteiger charge is -2.41. The fourth-order valence-corrected chi connectivity index (χ4v) is 4.63. The van der Waals surface area contributed by atoms with Gasteiger partial charge in [0.15, 0.2) is 17.3 Å². The number of aromatic hydroxyl groups is 2. The summed E-state index contributed by atoms with van der Waals surface area (Å²) >= 11 is 0. The summed E-state index contributed by atoms with van der Waals surface area (Å²) in [6, 6.07) is 1.24. The predicted molar refractivity (Wildman–Crippen MR) is 125 cm³/mol. The van der Waals surface area contributed by atoms with Crippen LogP contribution >= 0.6 is 0 Å². The molecule has 0 fully saturated rings. The molecule has 1 aromatic rings. The number of ketones is 3. The molecule has 0 heterocycles. The Bertz CT molecular complexity index is 1030. The number of allylic oxidation sites excluding steroid dienone is 2. The summed E-state index contributed by atoms with van der Waals surface area (Å²) in [6.07, 6.45) is 0.272. The van der Waals surface area contributed by atoms with Crippen molar-refractivity contribution in [1.82, 2.24) is 0 Å². The maximum absolute atomic E-state index is 13.5. The maximum atomic E-state index is 13.5. The molecule has 1 unspecified atom stereocenters. The highest BCUT2D eigenvalue weighted by molar-refractivity contribution is 6.19. The maximum Gasteiger partial charge on any atom is 0.175 e. The van der Waals surface area contributed by atoms with Gasteiger partial charge in [-0.3, -0.25) is 14.4 Å². The first-order valence-electron chi connectivity index (χ1n) is 11.2. The van der Waals surface area contributed by atoms with E-state index in [1.165, 1.54) is 27.0 Å². The molecule has 7 heteroatoms. The molecule has 1 atom stereocenters. The van der Waals surface area contributed by atoms with Gasteiger partial charge in [0.1, 0.15) is 28.6 Å². The van der Waals surface area contributed by atoms with E-state index in [9.17, 15) is 29.7 Å². The molecule has 0 saturated heterocycles. The van der Waals surface area contributed by atoms with E-state index in [0.29, 0.717) is 0 Å². The van der Waals surface area contributed by atoms with Gasteiger partial charge in [-0.1, -0.05) is 27.7 Å². The Labute approximate surface area is 195 Å². The average Bonchev–Trinajstić information content (AvgIpc) is 2.70. The minimum atomic E-state index is -1.41. The molecule has 1 aliphatic rings. The van der Waals surface area contributed by atoms with Gasteiger partial charge in [0.2, 0.25) is 0 Å². The zero-order valence-electron chi connectivity index (χ0n) is 21.0. The van der Waals surface area contributed by atoms with Gasteiger partial charge in [0, 0.05) is 29.0 Å². The van der Waals surface area contributed by atoms with Crippen molar-refractivity contribution in [2.45, 2.75) is 67.7 Å². The van der Waals surface area contributed by atoms with Gasteiger partial charge in [-0.15, -0.1) is 0 Å². The average molecular weight is 461 g/mol. The van der Waals surface area contributed by atoms with E-state index in [1.807, 2.05) is 13.8 Å².